The van der Waals surface area contributed by atoms with Crippen molar-refractivity contribution in [1.29, 1.82) is 0 Å². The van der Waals surface area contributed by atoms with E-state index in [0.29, 0.717) is 13.0 Å². The normalized spacial score (nSPS) is 26.9. The highest BCUT2D eigenvalue weighted by molar-refractivity contribution is 5.76. The molecule has 3 N–H and O–H groups in total. The first kappa shape index (κ1) is 13.2. The van der Waals surface area contributed by atoms with Gasteiger partial charge >= 0.3 is 12.0 Å². The molecular formula is C13H22N2O3. The average molecular weight is 254 g/mol. The third-order valence-electron chi connectivity index (χ3n) is 3.92. The summed E-state index contributed by atoms with van der Waals surface area (Å²) in [6.45, 7) is 0.687. The van der Waals surface area contributed by atoms with E-state index in [4.69, 9.17) is 5.11 Å². The summed E-state index contributed by atoms with van der Waals surface area (Å²) in [6.07, 6.45) is 7.22. The quantitative estimate of drug-likeness (QED) is 0.632. The van der Waals surface area contributed by atoms with Crippen LogP contribution in [-0.2, 0) is 4.79 Å². The third kappa shape index (κ3) is 3.89. The second-order valence-corrected chi connectivity index (χ2v) is 5.47. The topological polar surface area (TPSA) is 78.4 Å². The lowest BCUT2D eigenvalue weighted by atomic mass is 10.0. The second-order valence-electron chi connectivity index (χ2n) is 5.47. The van der Waals surface area contributed by atoms with E-state index in [9.17, 15) is 9.59 Å². The molecule has 0 bridgehead atoms. The molecule has 2 unspecified atom stereocenters. The van der Waals surface area contributed by atoms with Gasteiger partial charge in [-0.15, -0.1) is 0 Å². The van der Waals surface area contributed by atoms with E-state index < -0.39 is 11.9 Å². The number of carbonyl (C=O) groups excluding carboxylic acids is 1. The van der Waals surface area contributed by atoms with Crippen LogP contribution in [0.3, 0.4) is 0 Å². The Bertz CT molecular complexity index is 315. The Balaban J connectivity index is 1.61. The molecule has 2 amide bonds. The van der Waals surface area contributed by atoms with Gasteiger partial charge in [-0.25, -0.2) is 4.79 Å². The summed E-state index contributed by atoms with van der Waals surface area (Å²) in [6, 6.07) is -0.421. The van der Waals surface area contributed by atoms with E-state index in [1.807, 2.05) is 0 Å². The fourth-order valence-corrected chi connectivity index (χ4v) is 2.65. The SMILES string of the molecule is O=C(NCCCC1CC1)NC1CCCC1C(=O)O. The van der Waals surface area contributed by atoms with Gasteiger partial charge in [-0.1, -0.05) is 19.3 Å². The lowest BCUT2D eigenvalue weighted by Crippen LogP contribution is -2.45. The number of aliphatic carboxylic acids is 1. The first-order valence-corrected chi connectivity index (χ1v) is 6.94. The highest BCUT2D eigenvalue weighted by atomic mass is 16.4. The summed E-state index contributed by atoms with van der Waals surface area (Å²) >= 11 is 0. The van der Waals surface area contributed by atoms with Crippen molar-refractivity contribution in [2.24, 2.45) is 11.8 Å². The Morgan fingerprint density at radius 2 is 1.94 bits per heavy atom. The van der Waals surface area contributed by atoms with Crippen LogP contribution in [-0.4, -0.2) is 29.7 Å². The van der Waals surface area contributed by atoms with Crippen LogP contribution in [0, 0.1) is 11.8 Å². The standard InChI is InChI=1S/C13H22N2O3/c16-12(17)10-4-1-5-11(10)15-13(18)14-8-2-3-9-6-7-9/h9-11H,1-8H2,(H,16,17)(H2,14,15,18). The maximum atomic E-state index is 11.6. The number of rotatable bonds is 6. The van der Waals surface area contributed by atoms with Crippen LogP contribution in [0.4, 0.5) is 4.79 Å². The zero-order valence-corrected chi connectivity index (χ0v) is 10.7. The maximum Gasteiger partial charge on any atom is 0.315 e. The zero-order valence-electron chi connectivity index (χ0n) is 10.7. The summed E-state index contributed by atoms with van der Waals surface area (Å²) in [5.41, 5.74) is 0. The van der Waals surface area contributed by atoms with Gasteiger partial charge in [-0.2, -0.15) is 0 Å². The summed E-state index contributed by atoms with van der Waals surface area (Å²) < 4.78 is 0. The van der Waals surface area contributed by atoms with Gasteiger partial charge in [0.25, 0.3) is 0 Å². The van der Waals surface area contributed by atoms with E-state index in [1.165, 1.54) is 19.3 Å². The first-order chi connectivity index (χ1) is 8.66. The van der Waals surface area contributed by atoms with Crippen molar-refractivity contribution in [1.82, 2.24) is 10.6 Å². The summed E-state index contributed by atoms with van der Waals surface area (Å²) in [7, 11) is 0. The molecule has 18 heavy (non-hydrogen) atoms. The number of carboxylic acids is 1. The van der Waals surface area contributed by atoms with Crippen LogP contribution in [0.5, 0.6) is 0 Å². The average Bonchev–Trinajstić information content (AvgIpc) is 3.03. The fourth-order valence-electron chi connectivity index (χ4n) is 2.65. The molecule has 2 aliphatic rings. The van der Waals surface area contributed by atoms with Gasteiger partial charge in [-0.05, 0) is 31.6 Å². The monoisotopic (exact) mass is 254 g/mol. The van der Waals surface area contributed by atoms with E-state index in [-0.39, 0.29) is 12.1 Å². The molecule has 2 saturated carbocycles. The minimum Gasteiger partial charge on any atom is -0.481 e. The molecule has 2 atom stereocenters. The predicted octanol–water partition coefficient (Wildman–Crippen LogP) is 1.73. The van der Waals surface area contributed by atoms with Crippen molar-refractivity contribution in [3.8, 4) is 0 Å². The van der Waals surface area contributed by atoms with Gasteiger partial charge in [-0.3, -0.25) is 4.79 Å². The molecule has 0 saturated heterocycles. The van der Waals surface area contributed by atoms with E-state index in [1.54, 1.807) is 0 Å². The van der Waals surface area contributed by atoms with Crippen LogP contribution in [0.25, 0.3) is 0 Å². The minimum atomic E-state index is -0.800. The van der Waals surface area contributed by atoms with E-state index in [2.05, 4.69) is 10.6 Å². The van der Waals surface area contributed by atoms with Crippen LogP contribution < -0.4 is 10.6 Å². The first-order valence-electron chi connectivity index (χ1n) is 6.94. The van der Waals surface area contributed by atoms with Gasteiger partial charge in [0.2, 0.25) is 0 Å². The van der Waals surface area contributed by atoms with Crippen LogP contribution in [0.1, 0.15) is 44.9 Å². The molecule has 0 radical (unpaired) electrons. The molecule has 5 nitrogen and oxygen atoms in total. The van der Waals surface area contributed by atoms with Crippen molar-refractivity contribution in [2.75, 3.05) is 6.54 Å². The number of hydrogen-bond acceptors (Lipinski definition) is 2. The number of amides is 2. The van der Waals surface area contributed by atoms with Crippen molar-refractivity contribution >= 4 is 12.0 Å². The fraction of sp³-hybridized carbons (Fsp3) is 0.846. The highest BCUT2D eigenvalue weighted by Crippen LogP contribution is 2.33. The summed E-state index contributed by atoms with van der Waals surface area (Å²) in [4.78, 5) is 22.6. The van der Waals surface area contributed by atoms with Crippen LogP contribution in [0.2, 0.25) is 0 Å². The molecule has 0 aromatic carbocycles. The Labute approximate surface area is 107 Å². The molecule has 0 heterocycles. The van der Waals surface area contributed by atoms with Gasteiger partial charge in [0.05, 0.1) is 5.92 Å². The number of carbonyl (C=O) groups is 2. The number of urea groups is 1. The summed E-state index contributed by atoms with van der Waals surface area (Å²) in [5.74, 6) is -0.324. The van der Waals surface area contributed by atoms with Gasteiger partial charge < -0.3 is 15.7 Å². The number of hydrogen-bond donors (Lipinski definition) is 3. The zero-order chi connectivity index (χ0) is 13.0. The van der Waals surface area contributed by atoms with Crippen molar-refractivity contribution in [3.63, 3.8) is 0 Å². The van der Waals surface area contributed by atoms with Gasteiger partial charge in [0.1, 0.15) is 0 Å². The highest BCUT2D eigenvalue weighted by Gasteiger charge is 2.33. The van der Waals surface area contributed by atoms with Crippen molar-refractivity contribution in [2.45, 2.75) is 51.0 Å². The molecule has 0 aromatic heterocycles. The van der Waals surface area contributed by atoms with Crippen molar-refractivity contribution < 1.29 is 14.7 Å². The van der Waals surface area contributed by atoms with Gasteiger partial charge in [0, 0.05) is 12.6 Å². The molecule has 5 heteroatoms. The van der Waals surface area contributed by atoms with Crippen LogP contribution >= 0.6 is 0 Å². The smallest absolute Gasteiger partial charge is 0.315 e. The number of carboxylic acid groups (broad SMARTS) is 1. The largest absolute Gasteiger partial charge is 0.481 e. The molecule has 2 rings (SSSR count). The third-order valence-corrected chi connectivity index (χ3v) is 3.92. The maximum absolute atomic E-state index is 11.6. The molecular weight excluding hydrogens is 232 g/mol. The molecule has 0 aliphatic heterocycles. The Hall–Kier alpha value is -1.26. The number of nitrogens with one attached hydrogen (secondary N) is 2. The Morgan fingerprint density at radius 1 is 1.17 bits per heavy atom. The molecule has 102 valence electrons. The predicted molar refractivity (Wildman–Crippen MR) is 67.3 cm³/mol. The molecule has 2 aliphatic carbocycles. The molecule has 2 fully saturated rings. The van der Waals surface area contributed by atoms with Crippen LogP contribution in [0.15, 0.2) is 0 Å². The minimum absolute atomic E-state index is 0.203. The van der Waals surface area contributed by atoms with Crippen molar-refractivity contribution in [3.05, 3.63) is 0 Å². The van der Waals surface area contributed by atoms with E-state index in [0.717, 1.165) is 25.2 Å². The molecule has 0 aromatic rings. The van der Waals surface area contributed by atoms with Gasteiger partial charge in [0.15, 0.2) is 0 Å². The second kappa shape index (κ2) is 6.07. The lowest BCUT2D eigenvalue weighted by Gasteiger charge is -2.17. The molecule has 0 spiro atoms. The Morgan fingerprint density at radius 3 is 2.61 bits per heavy atom. The summed E-state index contributed by atoms with van der Waals surface area (Å²) in [5, 5.41) is 14.6. The Kier molecular flexibility index (Phi) is 4.44. The lowest BCUT2D eigenvalue weighted by molar-refractivity contribution is -0.142. The van der Waals surface area contributed by atoms with E-state index >= 15 is 0 Å².